The highest BCUT2D eigenvalue weighted by atomic mass is 28.3. The molecule has 0 spiro atoms. The van der Waals surface area contributed by atoms with Gasteiger partial charge in [-0.05, 0) is 50.1 Å². The van der Waals surface area contributed by atoms with E-state index in [0.717, 1.165) is 28.1 Å². The molecular formula is C28H34N2O6Si. The van der Waals surface area contributed by atoms with Gasteiger partial charge in [-0.15, -0.1) is 0 Å². The van der Waals surface area contributed by atoms with Gasteiger partial charge in [0.1, 0.15) is 17.2 Å². The van der Waals surface area contributed by atoms with Gasteiger partial charge in [0.25, 0.3) is 0 Å². The van der Waals surface area contributed by atoms with E-state index in [4.69, 9.17) is 14.2 Å². The fraction of sp³-hybridized carbons (Fsp3) is 0.393. The number of aromatic nitrogens is 1. The highest BCUT2D eigenvalue weighted by Gasteiger charge is 2.32. The normalized spacial score (nSPS) is 15.6. The Morgan fingerprint density at radius 3 is 2.51 bits per heavy atom. The van der Waals surface area contributed by atoms with E-state index in [1.54, 1.807) is 32.9 Å². The first-order chi connectivity index (χ1) is 17.3. The zero-order valence-corrected chi connectivity index (χ0v) is 23.2. The van der Waals surface area contributed by atoms with E-state index in [1.807, 2.05) is 30.5 Å². The second kappa shape index (κ2) is 10.0. The quantitative estimate of drug-likeness (QED) is 0.253. The number of rotatable bonds is 5. The molecule has 2 heterocycles. The van der Waals surface area contributed by atoms with Crippen LogP contribution in [0.15, 0.2) is 42.6 Å². The highest BCUT2D eigenvalue weighted by Crippen LogP contribution is 2.40. The van der Waals surface area contributed by atoms with E-state index in [-0.39, 0.29) is 17.7 Å². The van der Waals surface area contributed by atoms with Gasteiger partial charge < -0.3 is 24.5 Å². The van der Waals surface area contributed by atoms with E-state index in [1.165, 1.54) is 0 Å². The van der Waals surface area contributed by atoms with E-state index >= 15 is 0 Å². The average Bonchev–Trinajstić information content (AvgIpc) is 3.20. The number of nitrogens with one attached hydrogen (secondary N) is 2. The van der Waals surface area contributed by atoms with Crippen LogP contribution in [-0.4, -0.2) is 49.3 Å². The summed E-state index contributed by atoms with van der Waals surface area (Å²) in [4.78, 5) is 42.4. The van der Waals surface area contributed by atoms with Crippen LogP contribution in [0.5, 0.6) is 5.75 Å². The Morgan fingerprint density at radius 2 is 1.81 bits per heavy atom. The molecule has 196 valence electrons. The van der Waals surface area contributed by atoms with Crippen molar-refractivity contribution in [3.63, 3.8) is 0 Å². The van der Waals surface area contributed by atoms with E-state index in [9.17, 15) is 14.4 Å². The molecule has 1 atom stereocenters. The van der Waals surface area contributed by atoms with Gasteiger partial charge in [-0.3, -0.25) is 0 Å². The van der Waals surface area contributed by atoms with Gasteiger partial charge >= 0.3 is 18.0 Å². The standard InChI is InChI=1S/C28H34N2O6Si/c1-28(2,3)36-27(33)30-22-15-17-16-29-21-12-8-9-18(23(17)21)19-10-7-11-20(24(19)35-26(22)32)25(31)34-13-14-37(4,5)6/h7-12,16,22,29H,13-15H2,1-6H3,(H,30,33)/t22-/m0/s1. The summed E-state index contributed by atoms with van der Waals surface area (Å²) in [6, 6.07) is 10.7. The molecule has 4 rings (SSSR count). The van der Waals surface area contributed by atoms with Crippen LogP contribution in [0.1, 0.15) is 36.7 Å². The molecule has 3 aromatic rings. The number of alkyl carbamates (subject to hydrolysis) is 1. The third-order valence-corrected chi connectivity index (χ3v) is 7.70. The molecule has 0 fully saturated rings. The molecule has 1 aliphatic heterocycles. The molecule has 0 unspecified atom stereocenters. The highest BCUT2D eigenvalue weighted by molar-refractivity contribution is 6.76. The lowest BCUT2D eigenvalue weighted by molar-refractivity contribution is -0.136. The number of benzene rings is 2. The number of esters is 2. The topological polar surface area (TPSA) is 107 Å². The van der Waals surface area contributed by atoms with Crippen molar-refractivity contribution in [1.29, 1.82) is 0 Å². The predicted octanol–water partition coefficient (Wildman–Crippen LogP) is 5.68. The summed E-state index contributed by atoms with van der Waals surface area (Å²) in [5, 5.41) is 3.54. The Bertz CT molecular complexity index is 1350. The molecular weight excluding hydrogens is 488 g/mol. The third-order valence-electron chi connectivity index (χ3n) is 6.00. The maximum atomic E-state index is 13.4. The Kier molecular flexibility index (Phi) is 7.19. The minimum atomic E-state index is -1.41. The Labute approximate surface area is 217 Å². The molecule has 8 nitrogen and oxygen atoms in total. The van der Waals surface area contributed by atoms with Gasteiger partial charge in [0.15, 0.2) is 5.75 Å². The lowest BCUT2D eigenvalue weighted by Gasteiger charge is -2.23. The van der Waals surface area contributed by atoms with Crippen molar-refractivity contribution in [2.24, 2.45) is 0 Å². The minimum absolute atomic E-state index is 0.114. The molecule has 2 aromatic carbocycles. The van der Waals surface area contributed by atoms with Crippen molar-refractivity contribution in [3.05, 3.63) is 53.7 Å². The van der Waals surface area contributed by atoms with Gasteiger partial charge in [-0.25, -0.2) is 14.4 Å². The summed E-state index contributed by atoms with van der Waals surface area (Å²) in [6.07, 6.45) is 1.28. The lowest BCUT2D eigenvalue weighted by Crippen LogP contribution is -2.46. The molecule has 0 saturated carbocycles. The van der Waals surface area contributed by atoms with Gasteiger partial charge in [0.05, 0.1) is 6.61 Å². The van der Waals surface area contributed by atoms with Crippen molar-refractivity contribution in [2.75, 3.05) is 6.61 Å². The lowest BCUT2D eigenvalue weighted by atomic mass is 9.95. The van der Waals surface area contributed by atoms with Crippen molar-refractivity contribution in [3.8, 4) is 16.9 Å². The van der Waals surface area contributed by atoms with Gasteiger partial charge in [-0.2, -0.15) is 0 Å². The number of hydrogen-bond donors (Lipinski definition) is 2. The molecule has 2 N–H and O–H groups in total. The van der Waals surface area contributed by atoms with E-state index in [0.29, 0.717) is 12.2 Å². The number of aromatic amines is 1. The summed E-state index contributed by atoms with van der Waals surface area (Å²) >= 11 is 0. The number of ether oxygens (including phenoxy) is 3. The van der Waals surface area contributed by atoms with Gasteiger partial charge in [0, 0.05) is 37.2 Å². The van der Waals surface area contributed by atoms with Gasteiger partial charge in [0.2, 0.25) is 0 Å². The van der Waals surface area contributed by atoms with Crippen LogP contribution in [0.4, 0.5) is 4.79 Å². The zero-order valence-electron chi connectivity index (χ0n) is 22.2. The molecule has 9 heteroatoms. The second-order valence-corrected chi connectivity index (χ2v) is 17.1. The molecule has 0 radical (unpaired) electrons. The fourth-order valence-electron chi connectivity index (χ4n) is 4.22. The Balaban J connectivity index is 1.78. The summed E-state index contributed by atoms with van der Waals surface area (Å²) in [5.74, 6) is -1.14. The molecule has 1 aliphatic rings. The van der Waals surface area contributed by atoms with Crippen LogP contribution in [0.3, 0.4) is 0 Å². The summed E-state index contributed by atoms with van der Waals surface area (Å²) in [6.45, 7) is 12.2. The van der Waals surface area contributed by atoms with Crippen LogP contribution in [0.2, 0.25) is 25.7 Å². The van der Waals surface area contributed by atoms with E-state index < -0.39 is 37.7 Å². The first kappa shape index (κ1) is 26.5. The van der Waals surface area contributed by atoms with Crippen LogP contribution < -0.4 is 10.1 Å². The minimum Gasteiger partial charge on any atom is -0.462 e. The number of carbonyl (C=O) groups is 3. The fourth-order valence-corrected chi connectivity index (χ4v) is 4.94. The van der Waals surface area contributed by atoms with Gasteiger partial charge in [-0.1, -0.05) is 43.9 Å². The number of H-pyrrole nitrogens is 1. The number of carbonyl (C=O) groups excluding carboxylic acids is 3. The van der Waals surface area contributed by atoms with E-state index in [2.05, 4.69) is 29.9 Å². The predicted molar refractivity (Wildman–Crippen MR) is 145 cm³/mol. The molecule has 0 bridgehead atoms. The smallest absolute Gasteiger partial charge is 0.408 e. The zero-order chi connectivity index (χ0) is 27.0. The maximum absolute atomic E-state index is 13.4. The molecule has 1 aromatic heterocycles. The van der Waals surface area contributed by atoms with Crippen LogP contribution >= 0.6 is 0 Å². The number of fused-ring (bicyclic) bond motifs is 2. The first-order valence-electron chi connectivity index (χ1n) is 12.4. The molecule has 1 amide bonds. The van der Waals surface area contributed by atoms with Crippen molar-refractivity contribution < 1.29 is 28.6 Å². The molecule has 0 aliphatic carbocycles. The third kappa shape index (κ3) is 6.22. The van der Waals surface area contributed by atoms with Crippen LogP contribution in [0, 0.1) is 0 Å². The number of hydrogen-bond acceptors (Lipinski definition) is 6. The average molecular weight is 523 g/mol. The number of para-hydroxylation sites is 1. The number of amides is 1. The van der Waals surface area contributed by atoms with Crippen molar-refractivity contribution in [2.45, 2.75) is 64.5 Å². The summed E-state index contributed by atoms with van der Waals surface area (Å²) < 4.78 is 16.9. The molecule has 0 saturated heterocycles. The SMILES string of the molecule is CC(C)(C)OC(=O)N[C@H]1Cc2c[nH]c3cccc(c23)-c2cccc(C(=O)OCC[Si](C)(C)C)c2OC1=O. The second-order valence-electron chi connectivity index (χ2n) is 11.5. The monoisotopic (exact) mass is 522 g/mol. The Hall–Kier alpha value is -3.59. The van der Waals surface area contributed by atoms with Crippen molar-refractivity contribution in [1.82, 2.24) is 10.3 Å². The van der Waals surface area contributed by atoms with Crippen LogP contribution in [0.25, 0.3) is 22.0 Å². The molecule has 37 heavy (non-hydrogen) atoms. The first-order valence-corrected chi connectivity index (χ1v) is 16.1. The largest absolute Gasteiger partial charge is 0.462 e. The summed E-state index contributed by atoms with van der Waals surface area (Å²) in [7, 11) is -1.41. The Morgan fingerprint density at radius 1 is 1.11 bits per heavy atom. The van der Waals surface area contributed by atoms with Crippen molar-refractivity contribution >= 4 is 37.0 Å². The summed E-state index contributed by atoms with van der Waals surface area (Å²) in [5.41, 5.74) is 2.53. The van der Waals surface area contributed by atoms with Crippen LogP contribution in [-0.2, 0) is 20.7 Å². The maximum Gasteiger partial charge on any atom is 0.408 e.